The van der Waals surface area contributed by atoms with Crippen molar-refractivity contribution in [1.82, 2.24) is 29.7 Å². The number of halogens is 1. The van der Waals surface area contributed by atoms with E-state index in [0.29, 0.717) is 41.6 Å². The molecule has 0 bridgehead atoms. The first-order valence-corrected chi connectivity index (χ1v) is 11.7. The Hall–Kier alpha value is -3.79. The molecule has 0 unspecified atom stereocenters. The molecule has 1 aliphatic heterocycles. The number of imidazole rings is 1. The van der Waals surface area contributed by atoms with Crippen molar-refractivity contribution >= 4 is 11.6 Å². The summed E-state index contributed by atoms with van der Waals surface area (Å²) in [6.45, 7) is 1.11. The van der Waals surface area contributed by atoms with Crippen LogP contribution in [0.4, 0.5) is 4.39 Å². The van der Waals surface area contributed by atoms with Crippen LogP contribution in [0.2, 0.25) is 0 Å². The molecular weight excluding hydrogens is 451 g/mol. The van der Waals surface area contributed by atoms with E-state index in [4.69, 9.17) is 14.6 Å². The minimum atomic E-state index is -0.341. The number of hydrogen-bond acceptors (Lipinski definition) is 6. The molecule has 0 spiro atoms. The Morgan fingerprint density at radius 1 is 1.20 bits per heavy atom. The number of aromatic nitrogens is 5. The maximum atomic E-state index is 15.7. The van der Waals surface area contributed by atoms with Gasteiger partial charge < -0.3 is 14.8 Å². The first-order chi connectivity index (χ1) is 17.0. The zero-order chi connectivity index (χ0) is 24.1. The molecule has 35 heavy (non-hydrogen) atoms. The molecule has 4 heterocycles. The van der Waals surface area contributed by atoms with Gasteiger partial charge in [0.05, 0.1) is 36.9 Å². The lowest BCUT2D eigenvalue weighted by Crippen LogP contribution is -2.19. The summed E-state index contributed by atoms with van der Waals surface area (Å²) in [7, 11) is 3.41. The van der Waals surface area contributed by atoms with Gasteiger partial charge in [0.1, 0.15) is 11.9 Å². The first-order valence-electron chi connectivity index (χ1n) is 11.7. The Morgan fingerprint density at radius 3 is 2.74 bits per heavy atom. The number of ether oxygens (including phenoxy) is 2. The van der Waals surface area contributed by atoms with Crippen molar-refractivity contribution in [3.63, 3.8) is 0 Å². The molecule has 6 rings (SSSR count). The van der Waals surface area contributed by atoms with Gasteiger partial charge in [0.2, 0.25) is 5.88 Å². The largest absolute Gasteiger partial charge is 0.470 e. The Bertz CT molecular complexity index is 1430. The summed E-state index contributed by atoms with van der Waals surface area (Å²) in [6, 6.07) is 5.08. The predicted octanol–water partition coefficient (Wildman–Crippen LogP) is 3.34. The van der Waals surface area contributed by atoms with Crippen LogP contribution < -0.4 is 10.1 Å². The average Bonchev–Trinajstić information content (AvgIpc) is 3.20. The summed E-state index contributed by atoms with van der Waals surface area (Å²) in [5.41, 5.74) is 3.83. The van der Waals surface area contributed by atoms with Gasteiger partial charge >= 0.3 is 0 Å². The molecule has 2 fully saturated rings. The number of amides is 1. The monoisotopic (exact) mass is 476 g/mol. The van der Waals surface area contributed by atoms with E-state index in [0.717, 1.165) is 30.4 Å². The fourth-order valence-corrected chi connectivity index (χ4v) is 4.50. The number of carbonyl (C=O) groups excluding carboxylic acids is 1. The maximum absolute atomic E-state index is 15.7. The molecule has 10 heteroatoms. The van der Waals surface area contributed by atoms with Gasteiger partial charge in [-0.25, -0.2) is 13.9 Å². The highest BCUT2D eigenvalue weighted by Gasteiger charge is 2.30. The van der Waals surface area contributed by atoms with Crippen molar-refractivity contribution < 1.29 is 18.7 Å². The quantitative estimate of drug-likeness (QED) is 0.459. The number of nitrogens with one attached hydrogen (secondary N) is 1. The highest BCUT2D eigenvalue weighted by Crippen LogP contribution is 2.44. The van der Waals surface area contributed by atoms with E-state index in [9.17, 15) is 4.79 Å². The summed E-state index contributed by atoms with van der Waals surface area (Å²) >= 11 is 0. The normalized spacial score (nSPS) is 17.7. The number of nitrogens with zero attached hydrogens (tertiary/aromatic N) is 5. The molecule has 1 atom stereocenters. The zero-order valence-electron chi connectivity index (χ0n) is 19.5. The van der Waals surface area contributed by atoms with Crippen molar-refractivity contribution in [2.75, 3.05) is 20.3 Å². The second-order valence-electron chi connectivity index (χ2n) is 9.06. The lowest BCUT2D eigenvalue weighted by molar-refractivity contribution is 0.0963. The third-order valence-corrected chi connectivity index (χ3v) is 6.52. The third kappa shape index (κ3) is 3.93. The minimum Gasteiger partial charge on any atom is -0.470 e. The van der Waals surface area contributed by atoms with Gasteiger partial charge in [0, 0.05) is 43.4 Å². The summed E-state index contributed by atoms with van der Waals surface area (Å²) in [5, 5.41) is 11.7. The summed E-state index contributed by atoms with van der Waals surface area (Å²) < 4.78 is 30.7. The highest BCUT2D eigenvalue weighted by atomic mass is 19.1. The minimum absolute atomic E-state index is 0.128. The van der Waals surface area contributed by atoms with Crippen LogP contribution in [-0.4, -0.2) is 56.7 Å². The number of benzene rings is 1. The van der Waals surface area contributed by atoms with Crippen molar-refractivity contribution in [3.8, 4) is 28.3 Å². The summed E-state index contributed by atoms with van der Waals surface area (Å²) in [5.74, 6) is -0.0831. The lowest BCUT2D eigenvalue weighted by atomic mass is 9.99. The first kappa shape index (κ1) is 21.7. The van der Waals surface area contributed by atoms with E-state index in [-0.39, 0.29) is 29.3 Å². The predicted molar refractivity (Wildman–Crippen MR) is 126 cm³/mol. The van der Waals surface area contributed by atoms with E-state index in [1.165, 1.54) is 0 Å². The van der Waals surface area contributed by atoms with Crippen LogP contribution in [0, 0.1) is 5.82 Å². The molecule has 2 aliphatic rings. The molecule has 1 saturated heterocycles. The van der Waals surface area contributed by atoms with Crippen molar-refractivity contribution in [2.24, 2.45) is 7.05 Å². The Labute approximate surface area is 200 Å². The van der Waals surface area contributed by atoms with Gasteiger partial charge in [-0.15, -0.1) is 5.10 Å². The second kappa shape index (κ2) is 8.46. The van der Waals surface area contributed by atoms with E-state index >= 15 is 4.39 Å². The van der Waals surface area contributed by atoms with Crippen LogP contribution in [0.1, 0.15) is 41.1 Å². The number of carbonyl (C=O) groups is 1. The van der Waals surface area contributed by atoms with Crippen molar-refractivity contribution in [2.45, 2.75) is 31.3 Å². The molecular formula is C25H25FN6O3. The third-order valence-electron chi connectivity index (χ3n) is 6.52. The standard InChI is InChI=1S/C25H25FN6O3/c1-27-24(33)15-7-18(14-3-4-14)23(26)20(8-15)21-11-28-22-9-19(16-10-29-31(2)12-16)25(30-32(21)22)35-17-5-6-34-13-17/h7-12,14,17H,3-6,13H2,1-2H3,(H,27,33)/t17-/m0/s1. The number of hydrogen-bond donors (Lipinski definition) is 1. The maximum Gasteiger partial charge on any atom is 0.251 e. The fraction of sp³-hybridized carbons (Fsp3) is 0.360. The fourth-order valence-electron chi connectivity index (χ4n) is 4.50. The van der Waals surface area contributed by atoms with Crippen LogP contribution in [0.25, 0.3) is 28.0 Å². The SMILES string of the molecule is CNC(=O)c1cc(-c2cnc3cc(-c4cnn(C)c4)c(O[C@H]4CCOC4)nn23)c(F)c(C2CC2)c1. The molecule has 3 aromatic heterocycles. The molecule has 1 amide bonds. The average molecular weight is 477 g/mol. The second-order valence-corrected chi connectivity index (χ2v) is 9.06. The van der Waals surface area contributed by atoms with Gasteiger partial charge in [-0.2, -0.15) is 5.10 Å². The lowest BCUT2D eigenvalue weighted by Gasteiger charge is -2.15. The van der Waals surface area contributed by atoms with Crippen LogP contribution in [-0.2, 0) is 11.8 Å². The molecule has 9 nitrogen and oxygen atoms in total. The zero-order valence-corrected chi connectivity index (χ0v) is 19.5. The summed E-state index contributed by atoms with van der Waals surface area (Å²) in [6.07, 6.45) is 7.66. The van der Waals surface area contributed by atoms with Crippen molar-refractivity contribution in [1.29, 1.82) is 0 Å². The van der Waals surface area contributed by atoms with E-state index < -0.39 is 0 Å². The topological polar surface area (TPSA) is 95.6 Å². The number of fused-ring (bicyclic) bond motifs is 1. The van der Waals surface area contributed by atoms with Gasteiger partial charge in [0.15, 0.2) is 5.65 Å². The number of aryl methyl sites for hydroxylation is 1. The van der Waals surface area contributed by atoms with Crippen LogP contribution in [0.15, 0.2) is 36.8 Å². The van der Waals surface area contributed by atoms with Crippen molar-refractivity contribution in [3.05, 3.63) is 53.7 Å². The number of rotatable bonds is 6. The van der Waals surface area contributed by atoms with Gasteiger partial charge in [-0.3, -0.25) is 9.48 Å². The van der Waals surface area contributed by atoms with E-state index in [1.54, 1.807) is 40.8 Å². The molecule has 180 valence electrons. The Morgan fingerprint density at radius 2 is 2.06 bits per heavy atom. The highest BCUT2D eigenvalue weighted by molar-refractivity contribution is 5.95. The van der Waals surface area contributed by atoms with Gasteiger partial charge in [-0.05, 0) is 42.5 Å². The smallest absolute Gasteiger partial charge is 0.251 e. The molecule has 1 aromatic carbocycles. The van der Waals surface area contributed by atoms with Gasteiger partial charge in [0.25, 0.3) is 5.91 Å². The molecule has 1 saturated carbocycles. The molecule has 1 N–H and O–H groups in total. The Balaban J connectivity index is 1.52. The van der Waals surface area contributed by atoms with Gasteiger partial charge in [-0.1, -0.05) is 0 Å². The van der Waals surface area contributed by atoms with E-state index in [2.05, 4.69) is 15.4 Å². The van der Waals surface area contributed by atoms with E-state index in [1.807, 2.05) is 19.3 Å². The Kier molecular flexibility index (Phi) is 5.25. The summed E-state index contributed by atoms with van der Waals surface area (Å²) in [4.78, 5) is 17.0. The van der Waals surface area contributed by atoms with Crippen LogP contribution in [0.3, 0.4) is 0 Å². The van der Waals surface area contributed by atoms with Crippen LogP contribution in [0.5, 0.6) is 5.88 Å². The molecule has 4 aromatic rings. The molecule has 1 aliphatic carbocycles. The van der Waals surface area contributed by atoms with Crippen LogP contribution >= 0.6 is 0 Å². The molecule has 0 radical (unpaired) electrons.